The van der Waals surface area contributed by atoms with Gasteiger partial charge in [0.05, 0.1) is 6.61 Å². The van der Waals surface area contributed by atoms with Crippen LogP contribution >= 0.6 is 11.6 Å². The highest BCUT2D eigenvalue weighted by Crippen LogP contribution is 2.24. The molecule has 0 saturated carbocycles. The Kier molecular flexibility index (Phi) is 4.97. The molecule has 98 valence electrons. The number of ether oxygens (including phenoxy) is 1. The smallest absolute Gasteiger partial charge is 0.333 e. The Morgan fingerprint density at radius 1 is 1.28 bits per heavy atom. The van der Waals surface area contributed by atoms with Crippen molar-refractivity contribution in [2.45, 2.75) is 27.2 Å². The summed E-state index contributed by atoms with van der Waals surface area (Å²) in [7, 11) is 0. The van der Waals surface area contributed by atoms with Gasteiger partial charge in [0.1, 0.15) is 0 Å². The van der Waals surface area contributed by atoms with Crippen LogP contribution in [0.3, 0.4) is 0 Å². The Bertz CT molecular complexity index is 427. The van der Waals surface area contributed by atoms with Gasteiger partial charge in [0.25, 0.3) is 0 Å². The van der Waals surface area contributed by atoms with E-state index in [4.69, 9.17) is 16.3 Å². The van der Waals surface area contributed by atoms with Crippen LogP contribution in [0.15, 0.2) is 36.4 Å². The van der Waals surface area contributed by atoms with Crippen molar-refractivity contribution in [2.75, 3.05) is 6.61 Å². The van der Waals surface area contributed by atoms with Crippen molar-refractivity contribution < 1.29 is 9.53 Å². The minimum atomic E-state index is -0.323. The molecule has 0 aromatic heterocycles. The first-order valence-corrected chi connectivity index (χ1v) is 6.29. The third-order valence-corrected chi connectivity index (χ3v) is 2.94. The number of benzene rings is 1. The summed E-state index contributed by atoms with van der Waals surface area (Å²) in [5.74, 6) is -0.323. The van der Waals surface area contributed by atoms with E-state index < -0.39 is 0 Å². The summed E-state index contributed by atoms with van der Waals surface area (Å²) in [4.78, 5) is 11.7. The molecule has 0 aliphatic carbocycles. The van der Waals surface area contributed by atoms with E-state index in [2.05, 4.69) is 6.58 Å². The van der Waals surface area contributed by atoms with E-state index in [0.717, 1.165) is 5.56 Å². The van der Waals surface area contributed by atoms with Gasteiger partial charge in [-0.1, -0.05) is 51.1 Å². The third-order valence-electron chi connectivity index (χ3n) is 2.69. The lowest BCUT2D eigenvalue weighted by molar-refractivity contribution is -0.140. The molecule has 0 saturated heterocycles. The van der Waals surface area contributed by atoms with Crippen LogP contribution in [0.4, 0.5) is 0 Å². The van der Waals surface area contributed by atoms with Crippen LogP contribution in [0.5, 0.6) is 0 Å². The lowest BCUT2D eigenvalue weighted by Gasteiger charge is -2.20. The summed E-state index contributed by atoms with van der Waals surface area (Å²) in [6, 6.07) is 7.50. The average molecular weight is 267 g/mol. The molecule has 0 spiro atoms. The average Bonchev–Trinajstić information content (AvgIpc) is 2.29. The van der Waals surface area contributed by atoms with E-state index in [9.17, 15) is 4.79 Å². The van der Waals surface area contributed by atoms with E-state index in [-0.39, 0.29) is 11.4 Å². The van der Waals surface area contributed by atoms with Crippen molar-refractivity contribution in [1.29, 1.82) is 0 Å². The molecular weight excluding hydrogens is 248 g/mol. The van der Waals surface area contributed by atoms with Gasteiger partial charge in [-0.25, -0.2) is 4.79 Å². The highest BCUT2D eigenvalue weighted by molar-refractivity contribution is 6.30. The van der Waals surface area contributed by atoms with Crippen LogP contribution in [0.1, 0.15) is 26.3 Å². The first-order valence-electron chi connectivity index (χ1n) is 5.91. The van der Waals surface area contributed by atoms with Gasteiger partial charge in [0, 0.05) is 17.0 Å². The summed E-state index contributed by atoms with van der Waals surface area (Å²) in [6.45, 7) is 9.95. The summed E-state index contributed by atoms with van der Waals surface area (Å²) in [6.07, 6.45) is 0.681. The van der Waals surface area contributed by atoms with Crippen molar-refractivity contribution >= 4 is 17.6 Å². The zero-order chi connectivity index (χ0) is 13.8. The number of hydrogen-bond donors (Lipinski definition) is 0. The highest BCUT2D eigenvalue weighted by Gasteiger charge is 2.22. The van der Waals surface area contributed by atoms with Crippen molar-refractivity contribution in [3.05, 3.63) is 47.0 Å². The minimum absolute atomic E-state index is 0.253. The molecule has 0 aliphatic heterocycles. The Labute approximate surface area is 114 Å². The maximum Gasteiger partial charge on any atom is 0.333 e. The normalized spacial score (nSPS) is 11.1. The van der Waals surface area contributed by atoms with Crippen LogP contribution < -0.4 is 0 Å². The van der Waals surface area contributed by atoms with Crippen molar-refractivity contribution in [3.8, 4) is 0 Å². The standard InChI is InChI=1S/C15H19ClO2/c1-11(15(2,3)4)14(17)18-10-9-12-5-7-13(16)8-6-12/h5-8H,1,9-10H2,2-4H3. The second-order valence-corrected chi connectivity index (χ2v) is 5.68. The van der Waals surface area contributed by atoms with Crippen LogP contribution in [-0.2, 0) is 16.0 Å². The molecule has 0 unspecified atom stereocenters. The molecule has 0 heterocycles. The maximum atomic E-state index is 11.7. The molecule has 0 N–H and O–H groups in total. The molecule has 1 aromatic carbocycles. The fourth-order valence-electron chi connectivity index (χ4n) is 1.31. The van der Waals surface area contributed by atoms with E-state index >= 15 is 0 Å². The van der Waals surface area contributed by atoms with Crippen LogP contribution in [0.25, 0.3) is 0 Å². The summed E-state index contributed by atoms with van der Waals surface area (Å²) in [5.41, 5.74) is 1.34. The summed E-state index contributed by atoms with van der Waals surface area (Å²) in [5, 5.41) is 0.705. The van der Waals surface area contributed by atoms with Gasteiger partial charge in [-0.2, -0.15) is 0 Å². The molecule has 0 aliphatic rings. The zero-order valence-electron chi connectivity index (χ0n) is 11.1. The topological polar surface area (TPSA) is 26.3 Å². The minimum Gasteiger partial charge on any atom is -0.462 e. The molecule has 0 bridgehead atoms. The van der Waals surface area contributed by atoms with E-state index in [1.807, 2.05) is 45.0 Å². The molecule has 3 heteroatoms. The largest absolute Gasteiger partial charge is 0.462 e. The third kappa shape index (κ3) is 4.53. The Balaban J connectivity index is 2.41. The maximum absolute atomic E-state index is 11.7. The molecule has 18 heavy (non-hydrogen) atoms. The Hall–Kier alpha value is -1.28. The molecule has 1 rings (SSSR count). The Morgan fingerprint density at radius 2 is 1.83 bits per heavy atom. The molecule has 0 fully saturated rings. The van der Waals surface area contributed by atoms with Crippen molar-refractivity contribution in [2.24, 2.45) is 5.41 Å². The first-order chi connectivity index (χ1) is 8.30. The molecule has 2 nitrogen and oxygen atoms in total. The van der Waals surface area contributed by atoms with Gasteiger partial charge in [0.15, 0.2) is 0 Å². The lowest BCUT2D eigenvalue weighted by atomic mass is 9.88. The SMILES string of the molecule is C=C(C(=O)OCCc1ccc(Cl)cc1)C(C)(C)C. The number of halogens is 1. The molecule has 0 atom stereocenters. The van der Waals surface area contributed by atoms with Gasteiger partial charge in [-0.05, 0) is 23.1 Å². The van der Waals surface area contributed by atoms with Crippen LogP contribution in [0, 0.1) is 5.41 Å². The summed E-state index contributed by atoms with van der Waals surface area (Å²) >= 11 is 5.79. The van der Waals surface area contributed by atoms with Gasteiger partial charge >= 0.3 is 5.97 Å². The quantitative estimate of drug-likeness (QED) is 0.608. The molecule has 0 radical (unpaired) electrons. The number of hydrogen-bond acceptors (Lipinski definition) is 2. The van der Waals surface area contributed by atoms with Gasteiger partial charge in [-0.15, -0.1) is 0 Å². The highest BCUT2D eigenvalue weighted by atomic mass is 35.5. The van der Waals surface area contributed by atoms with Gasteiger partial charge < -0.3 is 4.74 Å². The number of esters is 1. The van der Waals surface area contributed by atoms with Crippen LogP contribution in [0.2, 0.25) is 5.02 Å². The van der Waals surface area contributed by atoms with E-state index in [1.165, 1.54) is 0 Å². The molecular formula is C15H19ClO2. The predicted octanol–water partition coefficient (Wildman–Crippen LogP) is 4.03. The fourth-order valence-corrected chi connectivity index (χ4v) is 1.43. The molecule has 1 aromatic rings. The fraction of sp³-hybridized carbons (Fsp3) is 0.400. The van der Waals surface area contributed by atoms with E-state index in [1.54, 1.807) is 0 Å². The van der Waals surface area contributed by atoms with E-state index in [0.29, 0.717) is 23.6 Å². The number of carbonyl (C=O) groups excluding carboxylic acids is 1. The van der Waals surface area contributed by atoms with Gasteiger partial charge in [0.2, 0.25) is 0 Å². The number of carbonyl (C=O) groups is 1. The summed E-state index contributed by atoms with van der Waals surface area (Å²) < 4.78 is 5.19. The molecule has 0 amide bonds. The second kappa shape index (κ2) is 6.05. The van der Waals surface area contributed by atoms with Crippen molar-refractivity contribution in [3.63, 3.8) is 0 Å². The zero-order valence-corrected chi connectivity index (χ0v) is 11.9. The van der Waals surface area contributed by atoms with Crippen molar-refractivity contribution in [1.82, 2.24) is 0 Å². The first kappa shape index (κ1) is 14.8. The number of rotatable bonds is 4. The second-order valence-electron chi connectivity index (χ2n) is 5.24. The van der Waals surface area contributed by atoms with Gasteiger partial charge in [-0.3, -0.25) is 0 Å². The monoisotopic (exact) mass is 266 g/mol. The lowest BCUT2D eigenvalue weighted by Crippen LogP contribution is -2.20. The van der Waals surface area contributed by atoms with Crippen LogP contribution in [-0.4, -0.2) is 12.6 Å². The predicted molar refractivity (Wildman–Crippen MR) is 74.7 cm³/mol. The Morgan fingerprint density at radius 3 is 2.33 bits per heavy atom.